The van der Waals surface area contributed by atoms with Crippen LogP contribution in [0.2, 0.25) is 0 Å². The summed E-state index contributed by atoms with van der Waals surface area (Å²) >= 11 is 0. The van der Waals surface area contributed by atoms with Gasteiger partial charge in [0, 0.05) is 35.3 Å². The van der Waals surface area contributed by atoms with Gasteiger partial charge in [-0.25, -0.2) is 9.78 Å². The van der Waals surface area contributed by atoms with Gasteiger partial charge >= 0.3 is 5.97 Å². The first-order chi connectivity index (χ1) is 14.9. The molecule has 8 nitrogen and oxygen atoms in total. The normalized spacial score (nSPS) is 10.8. The third-order valence-electron chi connectivity index (χ3n) is 5.02. The molecule has 0 unspecified atom stereocenters. The summed E-state index contributed by atoms with van der Waals surface area (Å²) in [4.78, 5) is 27.4. The van der Waals surface area contributed by atoms with Crippen LogP contribution < -0.4 is 5.32 Å². The van der Waals surface area contributed by atoms with E-state index in [4.69, 9.17) is 5.11 Å². The number of phenolic OH excluding ortho intramolecular Hbond substituents is 2. The van der Waals surface area contributed by atoms with Gasteiger partial charge in [0.25, 0.3) is 5.91 Å². The molecule has 0 atom stereocenters. The highest BCUT2D eigenvalue weighted by molar-refractivity contribution is 6.01. The van der Waals surface area contributed by atoms with Gasteiger partial charge < -0.3 is 25.2 Å². The number of carbonyl (C=O) groups excluding carboxylic acids is 1. The summed E-state index contributed by atoms with van der Waals surface area (Å²) in [6, 6.07) is 12.6. The Kier molecular flexibility index (Phi) is 5.28. The first-order valence-corrected chi connectivity index (χ1v) is 9.46. The summed E-state index contributed by atoms with van der Waals surface area (Å²) in [6.45, 7) is 0.260. The summed E-state index contributed by atoms with van der Waals surface area (Å²) in [6.07, 6.45) is 5.13. The van der Waals surface area contributed by atoms with Crippen molar-refractivity contribution in [2.24, 2.45) is 0 Å². The van der Waals surface area contributed by atoms with Crippen LogP contribution in [0.15, 0.2) is 67.3 Å². The molecule has 1 heterocycles. The van der Waals surface area contributed by atoms with Gasteiger partial charge in [0.2, 0.25) is 0 Å². The Hall–Kier alpha value is -4.33. The lowest BCUT2D eigenvalue weighted by molar-refractivity contribution is 0.0696. The van der Waals surface area contributed by atoms with E-state index in [-0.39, 0.29) is 36.1 Å². The summed E-state index contributed by atoms with van der Waals surface area (Å²) in [7, 11) is 0. The van der Waals surface area contributed by atoms with E-state index in [2.05, 4.69) is 10.3 Å². The number of aromatic hydroxyl groups is 2. The molecule has 3 aromatic carbocycles. The SMILES string of the molecule is O=C(O)c1ccc(Cc2c(O)cc3ccc(C(=O)NCn4ccnc4)cc3c2O)cc1. The number of aromatic nitrogens is 2. The number of phenols is 2. The smallest absolute Gasteiger partial charge is 0.335 e. The number of aromatic carboxylic acids is 1. The second-order valence-corrected chi connectivity index (χ2v) is 7.08. The Labute approximate surface area is 177 Å². The molecular formula is C23H19N3O5. The average Bonchev–Trinajstić information content (AvgIpc) is 3.29. The molecule has 4 N–H and O–H groups in total. The van der Waals surface area contributed by atoms with Crippen LogP contribution in [0.1, 0.15) is 31.8 Å². The minimum Gasteiger partial charge on any atom is -0.507 e. The van der Waals surface area contributed by atoms with Crippen LogP contribution in [0.5, 0.6) is 11.5 Å². The van der Waals surface area contributed by atoms with Crippen LogP contribution in [-0.4, -0.2) is 36.7 Å². The van der Waals surface area contributed by atoms with Crippen LogP contribution in [-0.2, 0) is 13.1 Å². The highest BCUT2D eigenvalue weighted by Gasteiger charge is 2.16. The van der Waals surface area contributed by atoms with Crippen molar-refractivity contribution in [2.45, 2.75) is 13.1 Å². The van der Waals surface area contributed by atoms with Crippen molar-refractivity contribution in [1.82, 2.24) is 14.9 Å². The van der Waals surface area contributed by atoms with Crippen LogP contribution in [0.3, 0.4) is 0 Å². The number of carbonyl (C=O) groups is 2. The zero-order valence-corrected chi connectivity index (χ0v) is 16.3. The van der Waals surface area contributed by atoms with Gasteiger partial charge in [-0.2, -0.15) is 0 Å². The maximum atomic E-state index is 12.5. The number of carboxylic acids is 1. The molecule has 156 valence electrons. The van der Waals surface area contributed by atoms with Gasteiger partial charge in [-0.3, -0.25) is 4.79 Å². The van der Waals surface area contributed by atoms with E-state index >= 15 is 0 Å². The maximum absolute atomic E-state index is 12.5. The number of benzene rings is 3. The minimum atomic E-state index is -1.03. The van der Waals surface area contributed by atoms with Crippen molar-refractivity contribution >= 4 is 22.6 Å². The molecule has 0 bridgehead atoms. The van der Waals surface area contributed by atoms with Crippen LogP contribution >= 0.6 is 0 Å². The van der Waals surface area contributed by atoms with E-state index in [1.807, 2.05) is 0 Å². The van der Waals surface area contributed by atoms with Gasteiger partial charge in [-0.1, -0.05) is 18.2 Å². The summed E-state index contributed by atoms with van der Waals surface area (Å²) in [5.74, 6) is -1.54. The molecule has 1 aromatic heterocycles. The zero-order valence-electron chi connectivity index (χ0n) is 16.3. The number of amides is 1. The molecule has 1 amide bonds. The fraction of sp³-hybridized carbons (Fsp3) is 0.0870. The molecule has 8 heteroatoms. The van der Waals surface area contributed by atoms with Crippen LogP contribution in [0.25, 0.3) is 10.8 Å². The van der Waals surface area contributed by atoms with Gasteiger partial charge in [-0.05, 0) is 41.3 Å². The number of hydrogen-bond acceptors (Lipinski definition) is 5. The van der Waals surface area contributed by atoms with Gasteiger partial charge in [-0.15, -0.1) is 0 Å². The largest absolute Gasteiger partial charge is 0.507 e. The molecular weight excluding hydrogens is 398 g/mol. The van der Waals surface area contributed by atoms with Crippen molar-refractivity contribution in [3.05, 3.63) is 89.5 Å². The third-order valence-corrected chi connectivity index (χ3v) is 5.02. The van der Waals surface area contributed by atoms with Gasteiger partial charge in [0.15, 0.2) is 0 Å². The van der Waals surface area contributed by atoms with Crippen molar-refractivity contribution in [2.75, 3.05) is 0 Å². The molecule has 0 saturated carbocycles. The first-order valence-electron chi connectivity index (χ1n) is 9.46. The van der Waals surface area contributed by atoms with Gasteiger partial charge in [0.05, 0.1) is 18.6 Å². The van der Waals surface area contributed by atoms with E-state index in [9.17, 15) is 19.8 Å². The molecule has 0 radical (unpaired) electrons. The van der Waals surface area contributed by atoms with Crippen LogP contribution in [0, 0.1) is 0 Å². The maximum Gasteiger partial charge on any atom is 0.335 e. The number of imidazole rings is 1. The third kappa shape index (κ3) is 4.18. The Bertz CT molecular complexity index is 1260. The van der Waals surface area contributed by atoms with Gasteiger partial charge in [0.1, 0.15) is 11.5 Å². The molecule has 0 aliphatic rings. The number of carboxylic acid groups (broad SMARTS) is 1. The van der Waals surface area contributed by atoms with Crippen LogP contribution in [0.4, 0.5) is 0 Å². The topological polar surface area (TPSA) is 125 Å². The Morgan fingerprint density at radius 3 is 2.42 bits per heavy atom. The fourth-order valence-corrected chi connectivity index (χ4v) is 3.34. The lowest BCUT2D eigenvalue weighted by Crippen LogP contribution is -2.25. The van der Waals surface area contributed by atoms with Crippen molar-refractivity contribution in [3.8, 4) is 11.5 Å². The molecule has 0 fully saturated rings. The second kappa shape index (κ2) is 8.19. The predicted molar refractivity (Wildman–Crippen MR) is 113 cm³/mol. The summed E-state index contributed by atoms with van der Waals surface area (Å²) in [5.41, 5.74) is 1.54. The van der Waals surface area contributed by atoms with E-state index in [0.717, 1.165) is 5.56 Å². The quantitative estimate of drug-likeness (QED) is 0.382. The molecule has 4 aromatic rings. The van der Waals surface area contributed by atoms with E-state index in [0.29, 0.717) is 21.9 Å². The first kappa shape index (κ1) is 20.0. The number of fused-ring (bicyclic) bond motifs is 1. The Morgan fingerprint density at radius 1 is 1.00 bits per heavy atom. The highest BCUT2D eigenvalue weighted by Crippen LogP contribution is 2.37. The summed E-state index contributed by atoms with van der Waals surface area (Å²) in [5, 5.41) is 34.1. The van der Waals surface area contributed by atoms with E-state index in [1.165, 1.54) is 18.2 Å². The monoisotopic (exact) mass is 417 g/mol. The number of hydrogen-bond donors (Lipinski definition) is 4. The fourth-order valence-electron chi connectivity index (χ4n) is 3.34. The van der Waals surface area contributed by atoms with E-state index < -0.39 is 5.97 Å². The predicted octanol–water partition coefficient (Wildman–Crippen LogP) is 3.12. The second-order valence-electron chi connectivity index (χ2n) is 7.08. The molecule has 0 aliphatic carbocycles. The molecule has 0 spiro atoms. The number of nitrogens with one attached hydrogen (secondary N) is 1. The number of rotatable bonds is 6. The van der Waals surface area contributed by atoms with Crippen molar-refractivity contribution in [1.29, 1.82) is 0 Å². The number of nitrogens with zero attached hydrogens (tertiary/aromatic N) is 2. The lowest BCUT2D eigenvalue weighted by Gasteiger charge is -2.12. The summed E-state index contributed by atoms with van der Waals surface area (Å²) < 4.78 is 1.71. The van der Waals surface area contributed by atoms with E-state index in [1.54, 1.807) is 53.6 Å². The molecule has 0 saturated heterocycles. The van der Waals surface area contributed by atoms with Crippen molar-refractivity contribution in [3.63, 3.8) is 0 Å². The Balaban J connectivity index is 1.62. The average molecular weight is 417 g/mol. The standard InChI is InChI=1S/C23H19N3O5/c27-20-11-16-5-6-17(22(29)25-13-26-8-7-24-12-26)10-18(16)21(28)19(20)9-14-1-3-15(4-2-14)23(30)31/h1-8,10-12,27-28H,9,13H2,(H,25,29)(H,30,31). The Morgan fingerprint density at radius 2 is 1.74 bits per heavy atom. The zero-order chi connectivity index (χ0) is 22.0. The highest BCUT2D eigenvalue weighted by atomic mass is 16.4. The molecule has 31 heavy (non-hydrogen) atoms. The molecule has 4 rings (SSSR count). The minimum absolute atomic E-state index is 0.0791. The molecule has 0 aliphatic heterocycles. The lowest BCUT2D eigenvalue weighted by atomic mass is 9.97. The van der Waals surface area contributed by atoms with Crippen molar-refractivity contribution < 1.29 is 24.9 Å².